The van der Waals surface area contributed by atoms with Gasteiger partial charge in [-0.3, -0.25) is 9.59 Å². The molecule has 1 amide bonds. The zero-order chi connectivity index (χ0) is 19.2. The summed E-state index contributed by atoms with van der Waals surface area (Å²) in [4.78, 5) is 23.4. The van der Waals surface area contributed by atoms with Gasteiger partial charge in [0, 0.05) is 15.7 Å². The Kier molecular flexibility index (Phi) is 7.02. The summed E-state index contributed by atoms with van der Waals surface area (Å²) in [7, 11) is -3.64. The topological polar surface area (TPSA) is 89.5 Å². The summed E-state index contributed by atoms with van der Waals surface area (Å²) in [5.41, 5.74) is 0.501. The van der Waals surface area contributed by atoms with E-state index in [4.69, 9.17) is 27.9 Å². The van der Waals surface area contributed by atoms with Gasteiger partial charge in [0.05, 0.1) is 17.1 Å². The van der Waals surface area contributed by atoms with Crippen LogP contribution in [-0.2, 0) is 24.2 Å². The van der Waals surface area contributed by atoms with E-state index < -0.39 is 34.1 Å². The van der Waals surface area contributed by atoms with Gasteiger partial charge in [-0.25, -0.2) is 8.42 Å². The van der Waals surface area contributed by atoms with Crippen molar-refractivity contribution in [3.63, 3.8) is 0 Å². The lowest BCUT2D eigenvalue weighted by Crippen LogP contribution is -2.22. The number of hydrogen-bond acceptors (Lipinski definition) is 5. The van der Waals surface area contributed by atoms with Crippen LogP contribution in [0.3, 0.4) is 0 Å². The average Bonchev–Trinajstić information content (AvgIpc) is 2.61. The minimum absolute atomic E-state index is 0.0650. The van der Waals surface area contributed by atoms with Gasteiger partial charge in [-0.2, -0.15) is 0 Å². The van der Waals surface area contributed by atoms with Crippen LogP contribution in [-0.4, -0.2) is 32.7 Å². The van der Waals surface area contributed by atoms with Crippen molar-refractivity contribution in [2.24, 2.45) is 0 Å². The van der Waals surface area contributed by atoms with Crippen molar-refractivity contribution in [1.29, 1.82) is 0 Å². The van der Waals surface area contributed by atoms with Gasteiger partial charge in [0.1, 0.15) is 0 Å². The molecular weight excluding hydrogens is 401 g/mol. The first-order valence-corrected chi connectivity index (χ1v) is 9.86. The number of nitrogens with one attached hydrogen (secondary N) is 1. The lowest BCUT2D eigenvalue weighted by Gasteiger charge is -2.07. The molecule has 0 saturated carbocycles. The Balaban J connectivity index is 1.78. The molecule has 0 aliphatic heterocycles. The number of hydrogen-bond donors (Lipinski definition) is 1. The summed E-state index contributed by atoms with van der Waals surface area (Å²) in [6.45, 7) is -0.511. The van der Waals surface area contributed by atoms with Crippen LogP contribution in [0, 0.1) is 0 Å². The fourth-order valence-corrected chi connectivity index (χ4v) is 3.40. The molecule has 26 heavy (non-hydrogen) atoms. The molecule has 0 aliphatic rings. The Bertz CT molecular complexity index is 880. The SMILES string of the molecule is O=C(COC(=O)CCS(=O)(=O)c1ccc(Cl)cc1)Nc1ccc(Cl)cc1. The van der Waals surface area contributed by atoms with Crippen LogP contribution >= 0.6 is 23.2 Å². The maximum atomic E-state index is 12.1. The molecule has 0 unspecified atom stereocenters. The molecule has 0 spiro atoms. The Morgan fingerprint density at radius 3 is 2.04 bits per heavy atom. The van der Waals surface area contributed by atoms with Gasteiger partial charge in [-0.05, 0) is 48.5 Å². The summed E-state index contributed by atoms with van der Waals surface area (Å²) < 4.78 is 29.0. The second-order valence-corrected chi connectivity index (χ2v) is 8.22. The number of ether oxygens (including phenoxy) is 1. The van der Waals surface area contributed by atoms with Gasteiger partial charge < -0.3 is 10.1 Å². The molecule has 0 aromatic heterocycles. The highest BCUT2D eigenvalue weighted by Crippen LogP contribution is 2.16. The zero-order valence-electron chi connectivity index (χ0n) is 13.4. The lowest BCUT2D eigenvalue weighted by molar-refractivity contribution is -0.146. The third kappa shape index (κ3) is 6.33. The zero-order valence-corrected chi connectivity index (χ0v) is 15.8. The highest BCUT2D eigenvalue weighted by atomic mass is 35.5. The predicted octanol–water partition coefficient (Wildman–Crippen LogP) is 3.34. The summed E-state index contributed by atoms with van der Waals surface area (Å²) in [5.74, 6) is -1.75. The van der Waals surface area contributed by atoms with Crippen molar-refractivity contribution < 1.29 is 22.7 Å². The molecule has 138 valence electrons. The molecule has 0 saturated heterocycles. The van der Waals surface area contributed by atoms with E-state index in [1.54, 1.807) is 24.3 Å². The Hall–Kier alpha value is -2.09. The number of amides is 1. The maximum absolute atomic E-state index is 12.1. The molecule has 2 aromatic carbocycles. The monoisotopic (exact) mass is 415 g/mol. The first-order valence-electron chi connectivity index (χ1n) is 7.45. The summed E-state index contributed by atoms with van der Waals surface area (Å²) >= 11 is 11.4. The second kappa shape index (κ2) is 9.02. The molecule has 6 nitrogen and oxygen atoms in total. The standard InChI is InChI=1S/C17H15Cl2NO5S/c18-12-1-5-14(6-2-12)20-16(21)11-25-17(22)9-10-26(23,24)15-7-3-13(19)4-8-15/h1-8H,9-11H2,(H,20,21). The molecule has 0 radical (unpaired) electrons. The van der Waals surface area contributed by atoms with E-state index >= 15 is 0 Å². The van der Waals surface area contributed by atoms with Crippen LogP contribution in [0.25, 0.3) is 0 Å². The molecule has 0 aliphatic carbocycles. The molecule has 0 fully saturated rings. The minimum Gasteiger partial charge on any atom is -0.456 e. The third-order valence-corrected chi connectivity index (χ3v) is 5.48. The molecule has 0 heterocycles. The van der Waals surface area contributed by atoms with Gasteiger partial charge in [-0.15, -0.1) is 0 Å². The normalized spacial score (nSPS) is 11.0. The van der Waals surface area contributed by atoms with Crippen molar-refractivity contribution in [2.45, 2.75) is 11.3 Å². The van der Waals surface area contributed by atoms with Gasteiger partial charge in [0.25, 0.3) is 5.91 Å². The molecule has 0 atom stereocenters. The number of anilines is 1. The van der Waals surface area contributed by atoms with Crippen molar-refractivity contribution in [3.05, 3.63) is 58.6 Å². The van der Waals surface area contributed by atoms with Crippen molar-refractivity contribution in [3.8, 4) is 0 Å². The fourth-order valence-electron chi connectivity index (χ4n) is 1.93. The van der Waals surface area contributed by atoms with Crippen molar-refractivity contribution >= 4 is 50.6 Å². The average molecular weight is 416 g/mol. The molecular formula is C17H15Cl2NO5S. The number of carbonyl (C=O) groups excluding carboxylic acids is 2. The van der Waals surface area contributed by atoms with E-state index in [0.717, 1.165) is 0 Å². The highest BCUT2D eigenvalue weighted by Gasteiger charge is 2.17. The van der Waals surface area contributed by atoms with Crippen LogP contribution in [0.2, 0.25) is 10.0 Å². The Labute approximate surface area is 161 Å². The molecule has 2 aromatic rings. The van der Waals surface area contributed by atoms with E-state index in [-0.39, 0.29) is 11.3 Å². The minimum atomic E-state index is -3.64. The summed E-state index contributed by atoms with van der Waals surface area (Å²) in [6.07, 6.45) is -0.362. The Morgan fingerprint density at radius 1 is 0.923 bits per heavy atom. The van der Waals surface area contributed by atoms with Gasteiger partial charge >= 0.3 is 5.97 Å². The van der Waals surface area contributed by atoms with Gasteiger partial charge in [-0.1, -0.05) is 23.2 Å². The van der Waals surface area contributed by atoms with E-state index in [0.29, 0.717) is 15.7 Å². The van der Waals surface area contributed by atoms with Crippen molar-refractivity contribution in [1.82, 2.24) is 0 Å². The van der Waals surface area contributed by atoms with Crippen LogP contribution in [0.1, 0.15) is 6.42 Å². The first-order chi connectivity index (χ1) is 12.3. The summed E-state index contributed by atoms with van der Waals surface area (Å²) in [6, 6.07) is 12.0. The largest absolute Gasteiger partial charge is 0.456 e. The van der Waals surface area contributed by atoms with E-state index in [1.807, 2.05) is 0 Å². The molecule has 0 bridgehead atoms. The predicted molar refractivity (Wildman–Crippen MR) is 99.2 cm³/mol. The highest BCUT2D eigenvalue weighted by molar-refractivity contribution is 7.91. The van der Waals surface area contributed by atoms with Gasteiger partial charge in [0.15, 0.2) is 16.4 Å². The number of sulfone groups is 1. The Morgan fingerprint density at radius 2 is 1.46 bits per heavy atom. The maximum Gasteiger partial charge on any atom is 0.307 e. The lowest BCUT2D eigenvalue weighted by atomic mass is 10.3. The number of halogens is 2. The quantitative estimate of drug-likeness (QED) is 0.700. The number of rotatable bonds is 7. The molecule has 2 rings (SSSR count). The second-order valence-electron chi connectivity index (χ2n) is 5.24. The van der Waals surface area contributed by atoms with E-state index in [9.17, 15) is 18.0 Å². The van der Waals surface area contributed by atoms with Crippen LogP contribution in [0.4, 0.5) is 5.69 Å². The fraction of sp³-hybridized carbons (Fsp3) is 0.176. The number of esters is 1. The smallest absolute Gasteiger partial charge is 0.307 e. The van der Waals surface area contributed by atoms with Crippen LogP contribution in [0.15, 0.2) is 53.4 Å². The van der Waals surface area contributed by atoms with Crippen LogP contribution in [0.5, 0.6) is 0 Å². The van der Waals surface area contributed by atoms with Crippen LogP contribution < -0.4 is 5.32 Å². The first kappa shape index (κ1) is 20.2. The summed E-state index contributed by atoms with van der Waals surface area (Å²) in [5, 5.41) is 3.46. The van der Waals surface area contributed by atoms with E-state index in [1.165, 1.54) is 24.3 Å². The number of carbonyl (C=O) groups is 2. The van der Waals surface area contributed by atoms with E-state index in [2.05, 4.69) is 5.32 Å². The third-order valence-electron chi connectivity index (χ3n) is 3.24. The molecule has 9 heteroatoms. The molecule has 1 N–H and O–H groups in total. The van der Waals surface area contributed by atoms with Crippen molar-refractivity contribution in [2.75, 3.05) is 17.7 Å². The number of benzene rings is 2. The van der Waals surface area contributed by atoms with Gasteiger partial charge in [0.2, 0.25) is 0 Å².